The van der Waals surface area contributed by atoms with Gasteiger partial charge >= 0.3 is 0 Å². The first-order valence-electron chi connectivity index (χ1n) is 5.65. The van der Waals surface area contributed by atoms with Crippen LogP contribution < -0.4 is 0 Å². The van der Waals surface area contributed by atoms with E-state index in [4.69, 9.17) is 0 Å². The lowest BCUT2D eigenvalue weighted by molar-refractivity contribution is -0.123. The molecule has 1 heterocycles. The molecule has 0 aromatic carbocycles. The maximum Gasteiger partial charge on any atom is 0.146 e. The van der Waals surface area contributed by atoms with Gasteiger partial charge in [0.1, 0.15) is 5.78 Å². The monoisotopic (exact) mass is 197 g/mol. The van der Waals surface area contributed by atoms with E-state index in [9.17, 15) is 4.79 Å². The second kappa shape index (κ2) is 4.43. The van der Waals surface area contributed by atoms with E-state index in [0.29, 0.717) is 11.2 Å². The summed E-state index contributed by atoms with van der Waals surface area (Å²) < 4.78 is 0. The van der Waals surface area contributed by atoms with Crippen molar-refractivity contribution in [1.29, 1.82) is 0 Å². The van der Waals surface area contributed by atoms with Gasteiger partial charge in [-0.25, -0.2) is 0 Å². The van der Waals surface area contributed by atoms with Crippen LogP contribution in [-0.2, 0) is 4.79 Å². The van der Waals surface area contributed by atoms with Crippen molar-refractivity contribution in [2.24, 2.45) is 5.41 Å². The third kappa shape index (κ3) is 3.41. The summed E-state index contributed by atoms with van der Waals surface area (Å²) in [6.45, 7) is 10.6. The summed E-state index contributed by atoms with van der Waals surface area (Å²) in [5.41, 5.74) is 0.297. The fourth-order valence-electron chi connectivity index (χ4n) is 2.25. The SMILES string of the molecule is CC(=O)[C@@H]1CCCCN1CC(C)(C)C. The predicted octanol–water partition coefficient (Wildman–Crippen LogP) is 2.48. The summed E-state index contributed by atoms with van der Waals surface area (Å²) in [6, 6.07) is 0.197. The summed E-state index contributed by atoms with van der Waals surface area (Å²) >= 11 is 0. The number of ketones is 1. The minimum absolute atomic E-state index is 0.197. The Morgan fingerprint density at radius 1 is 1.36 bits per heavy atom. The molecule has 1 saturated heterocycles. The number of rotatable bonds is 2. The summed E-state index contributed by atoms with van der Waals surface area (Å²) in [4.78, 5) is 13.8. The summed E-state index contributed by atoms with van der Waals surface area (Å²) in [5.74, 6) is 0.342. The van der Waals surface area contributed by atoms with Crippen LogP contribution in [0.5, 0.6) is 0 Å². The van der Waals surface area contributed by atoms with Gasteiger partial charge in [0.2, 0.25) is 0 Å². The molecule has 0 aromatic heterocycles. The minimum atomic E-state index is 0.197. The lowest BCUT2D eigenvalue weighted by Crippen LogP contribution is -2.47. The van der Waals surface area contributed by atoms with Gasteiger partial charge in [0, 0.05) is 6.54 Å². The lowest BCUT2D eigenvalue weighted by Gasteiger charge is -2.38. The van der Waals surface area contributed by atoms with Crippen molar-refractivity contribution in [3.63, 3.8) is 0 Å². The van der Waals surface area contributed by atoms with Gasteiger partial charge in [-0.1, -0.05) is 27.2 Å². The zero-order chi connectivity index (χ0) is 10.8. The molecule has 1 rings (SSSR count). The number of hydrogen-bond donors (Lipinski definition) is 0. The standard InChI is InChI=1S/C12H23NO/c1-10(14)11-7-5-6-8-13(11)9-12(2,3)4/h11H,5-9H2,1-4H3/t11-/m0/s1. The van der Waals surface area contributed by atoms with Crippen molar-refractivity contribution in [1.82, 2.24) is 4.90 Å². The third-order valence-corrected chi connectivity index (χ3v) is 2.76. The highest BCUT2D eigenvalue weighted by molar-refractivity contribution is 5.81. The number of Topliss-reactive ketones (excluding diaryl/α,β-unsaturated/α-hetero) is 1. The number of carbonyl (C=O) groups is 1. The first kappa shape index (κ1) is 11.7. The van der Waals surface area contributed by atoms with Crippen molar-refractivity contribution in [3.8, 4) is 0 Å². The van der Waals surface area contributed by atoms with Crippen molar-refractivity contribution in [2.75, 3.05) is 13.1 Å². The van der Waals surface area contributed by atoms with E-state index in [1.54, 1.807) is 6.92 Å². The Bertz CT molecular complexity index is 205. The molecule has 0 spiro atoms. The van der Waals surface area contributed by atoms with Gasteiger partial charge in [0.25, 0.3) is 0 Å². The molecule has 0 aliphatic carbocycles. The minimum Gasteiger partial charge on any atom is -0.298 e. The second-order valence-electron chi connectivity index (χ2n) is 5.65. The quantitative estimate of drug-likeness (QED) is 0.678. The van der Waals surface area contributed by atoms with Gasteiger partial charge in [0.15, 0.2) is 0 Å². The van der Waals surface area contributed by atoms with Crippen molar-refractivity contribution in [2.45, 2.75) is 53.0 Å². The number of piperidine rings is 1. The van der Waals surface area contributed by atoms with E-state index in [1.807, 2.05) is 0 Å². The predicted molar refractivity (Wildman–Crippen MR) is 59.3 cm³/mol. The Kier molecular flexibility index (Phi) is 3.71. The van der Waals surface area contributed by atoms with Gasteiger partial charge in [0.05, 0.1) is 6.04 Å². The molecule has 2 heteroatoms. The first-order valence-corrected chi connectivity index (χ1v) is 5.65. The fraction of sp³-hybridized carbons (Fsp3) is 0.917. The van der Waals surface area contributed by atoms with E-state index in [-0.39, 0.29) is 6.04 Å². The summed E-state index contributed by atoms with van der Waals surface area (Å²) in [5, 5.41) is 0. The first-order chi connectivity index (χ1) is 6.40. The Morgan fingerprint density at radius 2 is 2.00 bits per heavy atom. The van der Waals surface area contributed by atoms with Crippen LogP contribution in [-0.4, -0.2) is 29.8 Å². The zero-order valence-corrected chi connectivity index (χ0v) is 9.97. The number of nitrogens with zero attached hydrogens (tertiary/aromatic N) is 1. The topological polar surface area (TPSA) is 20.3 Å². The van der Waals surface area contributed by atoms with Gasteiger partial charge in [-0.3, -0.25) is 9.69 Å². The third-order valence-electron chi connectivity index (χ3n) is 2.76. The van der Waals surface area contributed by atoms with E-state index in [2.05, 4.69) is 25.7 Å². The molecule has 0 N–H and O–H groups in total. The van der Waals surface area contributed by atoms with Crippen LogP contribution in [0.15, 0.2) is 0 Å². The molecule has 2 nitrogen and oxygen atoms in total. The van der Waals surface area contributed by atoms with Gasteiger partial charge in [-0.05, 0) is 31.7 Å². The van der Waals surface area contributed by atoms with Crippen LogP contribution >= 0.6 is 0 Å². The maximum atomic E-state index is 11.5. The Balaban J connectivity index is 2.59. The van der Waals surface area contributed by atoms with Crippen molar-refractivity contribution < 1.29 is 4.79 Å². The molecule has 0 bridgehead atoms. The smallest absolute Gasteiger partial charge is 0.146 e. The molecular formula is C12H23NO. The maximum absolute atomic E-state index is 11.5. The summed E-state index contributed by atoms with van der Waals surface area (Å²) in [6.07, 6.45) is 3.52. The molecule has 1 aliphatic rings. The van der Waals surface area contributed by atoms with Crippen LogP contribution in [0.25, 0.3) is 0 Å². The number of likely N-dealkylation sites (tertiary alicyclic amines) is 1. The average molecular weight is 197 g/mol. The molecule has 0 aromatic rings. The van der Waals surface area contributed by atoms with E-state index >= 15 is 0 Å². The molecule has 1 aliphatic heterocycles. The van der Waals surface area contributed by atoms with Crippen molar-refractivity contribution >= 4 is 5.78 Å². The number of carbonyl (C=O) groups excluding carboxylic acids is 1. The largest absolute Gasteiger partial charge is 0.298 e. The zero-order valence-electron chi connectivity index (χ0n) is 9.97. The summed E-state index contributed by atoms with van der Waals surface area (Å²) in [7, 11) is 0. The van der Waals surface area contributed by atoms with E-state index in [0.717, 1.165) is 19.5 Å². The Morgan fingerprint density at radius 3 is 2.50 bits per heavy atom. The molecule has 82 valence electrons. The Labute approximate surface area is 87.7 Å². The highest BCUT2D eigenvalue weighted by Gasteiger charge is 2.28. The van der Waals surface area contributed by atoms with Gasteiger partial charge in [-0.15, -0.1) is 0 Å². The van der Waals surface area contributed by atoms with Crippen LogP contribution in [0.3, 0.4) is 0 Å². The van der Waals surface area contributed by atoms with Crippen molar-refractivity contribution in [3.05, 3.63) is 0 Å². The second-order valence-corrected chi connectivity index (χ2v) is 5.65. The van der Waals surface area contributed by atoms with Crippen LogP contribution in [0.2, 0.25) is 0 Å². The van der Waals surface area contributed by atoms with E-state index in [1.165, 1.54) is 12.8 Å². The van der Waals surface area contributed by atoms with Gasteiger partial charge in [-0.2, -0.15) is 0 Å². The van der Waals surface area contributed by atoms with Crippen LogP contribution in [0, 0.1) is 5.41 Å². The average Bonchev–Trinajstić information content (AvgIpc) is 2.01. The highest BCUT2D eigenvalue weighted by Crippen LogP contribution is 2.23. The Hall–Kier alpha value is -0.370. The van der Waals surface area contributed by atoms with Gasteiger partial charge < -0.3 is 0 Å². The molecule has 0 saturated carbocycles. The van der Waals surface area contributed by atoms with E-state index < -0.39 is 0 Å². The molecular weight excluding hydrogens is 174 g/mol. The fourth-order valence-corrected chi connectivity index (χ4v) is 2.25. The molecule has 1 fully saturated rings. The lowest BCUT2D eigenvalue weighted by atomic mass is 9.91. The molecule has 14 heavy (non-hydrogen) atoms. The number of hydrogen-bond acceptors (Lipinski definition) is 2. The van der Waals surface area contributed by atoms with Crippen LogP contribution in [0.4, 0.5) is 0 Å². The molecule has 0 amide bonds. The molecule has 0 unspecified atom stereocenters. The van der Waals surface area contributed by atoms with Crippen LogP contribution in [0.1, 0.15) is 47.0 Å². The molecule has 0 radical (unpaired) electrons. The highest BCUT2D eigenvalue weighted by atomic mass is 16.1. The normalized spacial score (nSPS) is 25.0. The molecule has 1 atom stereocenters.